The maximum Gasteiger partial charge on any atom is 0.231 e. The van der Waals surface area contributed by atoms with Crippen LogP contribution in [-0.2, 0) is 16.6 Å². The van der Waals surface area contributed by atoms with Crippen LogP contribution in [0.3, 0.4) is 0 Å². The van der Waals surface area contributed by atoms with Gasteiger partial charge in [0.15, 0.2) is 11.5 Å². The molecule has 0 radical (unpaired) electrons. The number of hydrogen-bond acceptors (Lipinski definition) is 4. The highest BCUT2D eigenvalue weighted by molar-refractivity contribution is 5.95. The van der Waals surface area contributed by atoms with Crippen molar-refractivity contribution >= 4 is 11.5 Å². The molecule has 174 valence electrons. The van der Waals surface area contributed by atoms with Crippen molar-refractivity contribution in [1.82, 2.24) is 0 Å². The summed E-state index contributed by atoms with van der Waals surface area (Å²) in [6.07, 6.45) is 6.17. The van der Waals surface area contributed by atoms with Crippen molar-refractivity contribution in [1.29, 1.82) is 0 Å². The topological polar surface area (TPSA) is 38.8 Å². The summed E-state index contributed by atoms with van der Waals surface area (Å²) in [5.74, 6) is 1.81. The molecule has 0 bridgehead atoms. The first-order valence-corrected chi connectivity index (χ1v) is 12.5. The van der Waals surface area contributed by atoms with Gasteiger partial charge >= 0.3 is 0 Å². The van der Waals surface area contributed by atoms with E-state index in [1.54, 1.807) is 0 Å². The molecule has 0 spiro atoms. The van der Waals surface area contributed by atoms with Gasteiger partial charge in [-0.2, -0.15) is 0 Å². The molecule has 1 aliphatic carbocycles. The molecule has 4 heteroatoms. The summed E-state index contributed by atoms with van der Waals surface area (Å²) in [5, 5.41) is 0. The molecule has 1 saturated carbocycles. The van der Waals surface area contributed by atoms with Crippen LogP contribution in [0.5, 0.6) is 11.5 Å². The molecule has 4 nitrogen and oxygen atoms in total. The van der Waals surface area contributed by atoms with E-state index in [2.05, 4.69) is 54.3 Å². The van der Waals surface area contributed by atoms with Crippen LogP contribution in [0, 0.1) is 6.92 Å². The Morgan fingerprint density at radius 1 is 0.882 bits per heavy atom. The minimum Gasteiger partial charge on any atom is -0.454 e. The van der Waals surface area contributed by atoms with Crippen molar-refractivity contribution in [2.45, 2.75) is 50.9 Å². The van der Waals surface area contributed by atoms with E-state index in [1.165, 1.54) is 41.6 Å². The molecule has 2 aliphatic heterocycles. The van der Waals surface area contributed by atoms with Gasteiger partial charge in [0.2, 0.25) is 6.79 Å². The molecular weight excluding hydrogens is 422 g/mol. The average Bonchev–Trinajstić information content (AvgIpc) is 3.56. The summed E-state index contributed by atoms with van der Waals surface area (Å²) in [6.45, 7) is 4.71. The highest BCUT2D eigenvalue weighted by atomic mass is 16.7. The first kappa shape index (κ1) is 21.3. The van der Waals surface area contributed by atoms with Gasteiger partial charge in [0, 0.05) is 25.2 Å². The van der Waals surface area contributed by atoms with Crippen LogP contribution in [-0.4, -0.2) is 25.7 Å². The molecular formula is C30H31NO3. The lowest BCUT2D eigenvalue weighted by atomic mass is 9.87. The molecule has 34 heavy (non-hydrogen) atoms. The number of Topliss-reactive ketones (excluding diaryl/α,β-unsaturated/α-hetero) is 1. The molecule has 2 fully saturated rings. The normalized spacial score (nSPS) is 18.1. The van der Waals surface area contributed by atoms with Crippen LogP contribution >= 0.6 is 0 Å². The number of carbonyl (C=O) groups excluding carboxylic acids is 1. The summed E-state index contributed by atoms with van der Waals surface area (Å²) in [7, 11) is 0. The van der Waals surface area contributed by atoms with Gasteiger partial charge in [0.1, 0.15) is 5.78 Å². The molecule has 2 heterocycles. The fourth-order valence-electron chi connectivity index (χ4n) is 5.50. The number of piperidine rings is 1. The van der Waals surface area contributed by atoms with Crippen LogP contribution in [0.4, 0.5) is 5.69 Å². The van der Waals surface area contributed by atoms with Crippen molar-refractivity contribution in [2.75, 3.05) is 24.8 Å². The van der Waals surface area contributed by atoms with Crippen molar-refractivity contribution in [2.24, 2.45) is 0 Å². The Morgan fingerprint density at radius 2 is 1.65 bits per heavy atom. The standard InChI is InChI=1S/C30H31NO3/c1-21-5-6-22(17-26(21)23-7-10-25(11-8-23)31-15-3-2-4-16-31)18-29(32)30(13-14-30)24-9-12-27-28(19-24)34-20-33-27/h5-12,17,19H,2-4,13-16,18,20H2,1H3. The Hall–Kier alpha value is -3.27. The second-order valence-corrected chi connectivity index (χ2v) is 9.99. The fraction of sp³-hybridized carbons (Fsp3) is 0.367. The zero-order chi connectivity index (χ0) is 23.1. The van der Waals surface area contributed by atoms with Gasteiger partial charge in [0.05, 0.1) is 5.41 Å². The molecule has 3 aromatic carbocycles. The van der Waals surface area contributed by atoms with E-state index >= 15 is 0 Å². The summed E-state index contributed by atoms with van der Waals surface area (Å²) in [6, 6.07) is 21.4. The number of anilines is 1. The van der Waals surface area contributed by atoms with Crippen LogP contribution in [0.1, 0.15) is 48.8 Å². The summed E-state index contributed by atoms with van der Waals surface area (Å²) in [5.41, 5.74) is 6.74. The quantitative estimate of drug-likeness (QED) is 0.444. The lowest BCUT2D eigenvalue weighted by Crippen LogP contribution is -2.29. The van der Waals surface area contributed by atoms with E-state index in [1.807, 2.05) is 18.2 Å². The van der Waals surface area contributed by atoms with Gasteiger partial charge in [-0.05, 0) is 91.1 Å². The van der Waals surface area contributed by atoms with Crippen molar-refractivity contribution < 1.29 is 14.3 Å². The number of hydrogen-bond donors (Lipinski definition) is 0. The third kappa shape index (κ3) is 3.85. The Kier molecular flexibility index (Phi) is 5.32. The van der Waals surface area contributed by atoms with E-state index in [4.69, 9.17) is 9.47 Å². The molecule has 0 unspecified atom stereocenters. The summed E-state index contributed by atoms with van der Waals surface area (Å²) in [4.78, 5) is 16.0. The maximum atomic E-state index is 13.5. The highest BCUT2D eigenvalue weighted by Crippen LogP contribution is 2.51. The molecule has 3 aromatic rings. The minimum atomic E-state index is -0.373. The molecule has 0 N–H and O–H groups in total. The summed E-state index contributed by atoms with van der Waals surface area (Å²) < 4.78 is 11.0. The van der Waals surface area contributed by atoms with Crippen LogP contribution < -0.4 is 14.4 Å². The third-order valence-corrected chi connectivity index (χ3v) is 7.78. The van der Waals surface area contributed by atoms with Gasteiger partial charge in [-0.1, -0.05) is 36.4 Å². The first-order valence-electron chi connectivity index (χ1n) is 12.5. The van der Waals surface area contributed by atoms with Gasteiger partial charge in [0.25, 0.3) is 0 Å². The number of rotatable bonds is 6. The van der Waals surface area contributed by atoms with E-state index in [0.29, 0.717) is 12.2 Å². The third-order valence-electron chi connectivity index (χ3n) is 7.78. The predicted molar refractivity (Wildman–Crippen MR) is 135 cm³/mol. The zero-order valence-electron chi connectivity index (χ0n) is 19.8. The largest absolute Gasteiger partial charge is 0.454 e. The predicted octanol–water partition coefficient (Wildman–Crippen LogP) is 6.22. The van der Waals surface area contributed by atoms with E-state index in [-0.39, 0.29) is 12.2 Å². The van der Waals surface area contributed by atoms with Gasteiger partial charge in [-0.3, -0.25) is 4.79 Å². The van der Waals surface area contributed by atoms with Gasteiger partial charge in [-0.25, -0.2) is 0 Å². The number of ketones is 1. The van der Waals surface area contributed by atoms with Gasteiger partial charge < -0.3 is 14.4 Å². The smallest absolute Gasteiger partial charge is 0.231 e. The number of ether oxygens (including phenoxy) is 2. The molecule has 0 aromatic heterocycles. The monoisotopic (exact) mass is 453 g/mol. The average molecular weight is 454 g/mol. The Morgan fingerprint density at radius 3 is 2.41 bits per heavy atom. The van der Waals surface area contributed by atoms with Crippen molar-refractivity contribution in [3.63, 3.8) is 0 Å². The lowest BCUT2D eigenvalue weighted by molar-refractivity contribution is -0.120. The lowest BCUT2D eigenvalue weighted by Gasteiger charge is -2.29. The van der Waals surface area contributed by atoms with Crippen molar-refractivity contribution in [3.8, 4) is 22.6 Å². The highest BCUT2D eigenvalue weighted by Gasteiger charge is 2.50. The number of fused-ring (bicyclic) bond motifs is 1. The zero-order valence-corrected chi connectivity index (χ0v) is 19.8. The number of aryl methyl sites for hydroxylation is 1. The number of carbonyl (C=O) groups is 1. The van der Waals surface area contributed by atoms with Gasteiger partial charge in [-0.15, -0.1) is 0 Å². The Bertz CT molecular complexity index is 1220. The fourth-order valence-corrected chi connectivity index (χ4v) is 5.50. The molecule has 1 saturated heterocycles. The van der Waals surface area contributed by atoms with E-state index in [9.17, 15) is 4.79 Å². The van der Waals surface area contributed by atoms with Crippen LogP contribution in [0.25, 0.3) is 11.1 Å². The second-order valence-electron chi connectivity index (χ2n) is 9.99. The molecule has 3 aliphatic rings. The van der Waals surface area contributed by atoms with Crippen molar-refractivity contribution in [3.05, 3.63) is 77.4 Å². The Balaban J connectivity index is 1.21. The second kappa shape index (κ2) is 8.50. The van der Waals surface area contributed by atoms with E-state index in [0.717, 1.165) is 48.6 Å². The number of nitrogens with zero attached hydrogens (tertiary/aromatic N) is 1. The SMILES string of the molecule is Cc1ccc(CC(=O)C2(c3ccc4c(c3)OCO4)CC2)cc1-c1ccc(N2CCCCC2)cc1. The van der Waals surface area contributed by atoms with Crippen LogP contribution in [0.15, 0.2) is 60.7 Å². The molecule has 0 atom stereocenters. The van der Waals surface area contributed by atoms with Crippen LogP contribution in [0.2, 0.25) is 0 Å². The minimum absolute atomic E-state index is 0.255. The summed E-state index contributed by atoms with van der Waals surface area (Å²) >= 11 is 0. The molecule has 0 amide bonds. The van der Waals surface area contributed by atoms with E-state index < -0.39 is 0 Å². The Labute approximate surface area is 201 Å². The first-order chi connectivity index (χ1) is 16.6. The maximum absolute atomic E-state index is 13.5. The number of benzene rings is 3. The molecule has 6 rings (SSSR count).